The van der Waals surface area contributed by atoms with Crippen molar-refractivity contribution in [3.8, 4) is 17.3 Å². The molecular weight excluding hydrogens is 386 g/mol. The van der Waals surface area contributed by atoms with E-state index in [-0.39, 0.29) is 6.61 Å². The lowest BCUT2D eigenvalue weighted by Crippen LogP contribution is -2.13. The fourth-order valence-electron chi connectivity index (χ4n) is 2.68. The monoisotopic (exact) mass is 409 g/mol. The third-order valence-corrected chi connectivity index (χ3v) is 4.19. The van der Waals surface area contributed by atoms with Crippen molar-refractivity contribution < 1.29 is 14.6 Å². The van der Waals surface area contributed by atoms with E-state index in [1.807, 2.05) is 31.2 Å². The highest BCUT2D eigenvalue weighted by molar-refractivity contribution is 5.79. The number of benzene rings is 1. The van der Waals surface area contributed by atoms with Gasteiger partial charge in [-0.05, 0) is 36.8 Å². The molecule has 0 spiro atoms. The SMILES string of the molecule is COc1ccc(CNc2nc(NCCO)nc(-c3n[nH]c(C)c3/C=C/C=O)n2)cc1. The molecule has 0 fully saturated rings. The van der Waals surface area contributed by atoms with Gasteiger partial charge in [0.2, 0.25) is 11.9 Å². The minimum absolute atomic E-state index is 0.0650. The van der Waals surface area contributed by atoms with E-state index < -0.39 is 0 Å². The first-order valence-electron chi connectivity index (χ1n) is 9.29. The minimum Gasteiger partial charge on any atom is -0.497 e. The van der Waals surface area contributed by atoms with Crippen molar-refractivity contribution in [2.75, 3.05) is 30.9 Å². The number of methoxy groups -OCH3 is 1. The number of hydrogen-bond donors (Lipinski definition) is 4. The molecule has 10 heteroatoms. The smallest absolute Gasteiger partial charge is 0.228 e. The number of carbonyl (C=O) groups excluding carboxylic acids is 1. The standard InChI is InChI=1S/C20H23N7O3/c1-13-16(4-3-10-28)17(27-26-13)18-23-19(21-9-11-29)25-20(24-18)22-12-14-5-7-15(30-2)8-6-14/h3-8,10,29H,9,11-12H2,1-2H3,(H,26,27)(H2,21,22,23,24,25)/b4-3+. The number of aromatic amines is 1. The summed E-state index contributed by atoms with van der Waals surface area (Å²) in [6.07, 6.45) is 3.73. The van der Waals surface area contributed by atoms with Gasteiger partial charge >= 0.3 is 0 Å². The van der Waals surface area contributed by atoms with Crippen molar-refractivity contribution >= 4 is 24.3 Å². The molecule has 2 aromatic heterocycles. The van der Waals surface area contributed by atoms with E-state index >= 15 is 0 Å². The van der Waals surface area contributed by atoms with E-state index in [1.165, 1.54) is 6.08 Å². The summed E-state index contributed by atoms with van der Waals surface area (Å²) in [5, 5.41) is 22.4. The lowest BCUT2D eigenvalue weighted by atomic mass is 10.1. The number of aliphatic hydroxyl groups excluding tert-OH is 1. The van der Waals surface area contributed by atoms with Gasteiger partial charge in [-0.1, -0.05) is 12.1 Å². The number of allylic oxidation sites excluding steroid dienone is 1. The molecule has 0 amide bonds. The van der Waals surface area contributed by atoms with Crippen LogP contribution in [-0.2, 0) is 11.3 Å². The van der Waals surface area contributed by atoms with E-state index in [4.69, 9.17) is 9.84 Å². The van der Waals surface area contributed by atoms with Crippen LogP contribution in [0, 0.1) is 6.92 Å². The van der Waals surface area contributed by atoms with Crippen LogP contribution in [0.2, 0.25) is 0 Å². The Bertz CT molecular complexity index is 1020. The number of ether oxygens (including phenoxy) is 1. The zero-order chi connectivity index (χ0) is 21.3. The first-order valence-corrected chi connectivity index (χ1v) is 9.29. The highest BCUT2D eigenvalue weighted by Gasteiger charge is 2.16. The summed E-state index contributed by atoms with van der Waals surface area (Å²) >= 11 is 0. The highest BCUT2D eigenvalue weighted by Crippen LogP contribution is 2.24. The van der Waals surface area contributed by atoms with Gasteiger partial charge in [0.05, 0.1) is 13.7 Å². The molecule has 1 aromatic carbocycles. The van der Waals surface area contributed by atoms with Crippen LogP contribution < -0.4 is 15.4 Å². The Morgan fingerprint density at radius 1 is 1.13 bits per heavy atom. The van der Waals surface area contributed by atoms with Crippen LogP contribution in [0.1, 0.15) is 16.8 Å². The number of aldehydes is 1. The molecule has 10 nitrogen and oxygen atoms in total. The molecule has 0 aliphatic rings. The zero-order valence-corrected chi connectivity index (χ0v) is 16.7. The van der Waals surface area contributed by atoms with Gasteiger partial charge in [-0.25, -0.2) is 0 Å². The number of nitrogens with zero attached hydrogens (tertiary/aromatic N) is 4. The number of aliphatic hydroxyl groups is 1. The van der Waals surface area contributed by atoms with Crippen molar-refractivity contribution in [2.45, 2.75) is 13.5 Å². The van der Waals surface area contributed by atoms with Gasteiger partial charge < -0.3 is 20.5 Å². The second-order valence-electron chi connectivity index (χ2n) is 6.26. The van der Waals surface area contributed by atoms with Crippen molar-refractivity contribution in [1.29, 1.82) is 0 Å². The van der Waals surface area contributed by atoms with E-state index in [9.17, 15) is 4.79 Å². The number of H-pyrrole nitrogens is 1. The van der Waals surface area contributed by atoms with E-state index in [0.29, 0.717) is 48.4 Å². The molecule has 0 atom stereocenters. The van der Waals surface area contributed by atoms with Crippen LogP contribution in [0.25, 0.3) is 17.6 Å². The number of anilines is 2. The van der Waals surface area contributed by atoms with Gasteiger partial charge in [0.25, 0.3) is 0 Å². The molecule has 0 aliphatic carbocycles. The fraction of sp³-hybridized carbons (Fsp3) is 0.250. The molecule has 0 bridgehead atoms. The molecule has 3 rings (SSSR count). The van der Waals surface area contributed by atoms with Gasteiger partial charge in [0.1, 0.15) is 17.7 Å². The van der Waals surface area contributed by atoms with Crippen LogP contribution in [0.15, 0.2) is 30.3 Å². The third-order valence-electron chi connectivity index (χ3n) is 4.19. The maximum atomic E-state index is 10.7. The van der Waals surface area contributed by atoms with Crippen LogP contribution in [0.3, 0.4) is 0 Å². The molecule has 4 N–H and O–H groups in total. The van der Waals surface area contributed by atoms with Crippen molar-refractivity contribution in [3.05, 3.63) is 47.2 Å². The Morgan fingerprint density at radius 3 is 2.53 bits per heavy atom. The largest absolute Gasteiger partial charge is 0.497 e. The average Bonchev–Trinajstić information content (AvgIpc) is 3.15. The number of aromatic nitrogens is 5. The normalized spacial score (nSPS) is 10.9. The van der Waals surface area contributed by atoms with Crippen LogP contribution in [0.4, 0.5) is 11.9 Å². The highest BCUT2D eigenvalue weighted by atomic mass is 16.5. The van der Waals surface area contributed by atoms with Gasteiger partial charge in [-0.15, -0.1) is 0 Å². The first-order chi connectivity index (χ1) is 14.6. The summed E-state index contributed by atoms with van der Waals surface area (Å²) in [7, 11) is 1.62. The first kappa shape index (κ1) is 20.9. The Morgan fingerprint density at radius 2 is 1.87 bits per heavy atom. The van der Waals surface area contributed by atoms with Crippen molar-refractivity contribution in [2.24, 2.45) is 0 Å². The number of nitrogens with one attached hydrogen (secondary N) is 3. The average molecular weight is 409 g/mol. The van der Waals surface area contributed by atoms with Gasteiger partial charge in [-0.3, -0.25) is 9.89 Å². The quantitative estimate of drug-likeness (QED) is 0.292. The Labute approximate surface area is 173 Å². The molecule has 30 heavy (non-hydrogen) atoms. The number of hydrogen-bond acceptors (Lipinski definition) is 9. The number of aryl methyl sites for hydroxylation is 1. The Balaban J connectivity index is 1.90. The van der Waals surface area contributed by atoms with Crippen molar-refractivity contribution in [3.63, 3.8) is 0 Å². The molecule has 0 saturated heterocycles. The molecule has 3 aromatic rings. The molecule has 0 saturated carbocycles. The van der Waals surface area contributed by atoms with E-state index in [0.717, 1.165) is 17.0 Å². The second-order valence-corrected chi connectivity index (χ2v) is 6.26. The molecule has 2 heterocycles. The summed E-state index contributed by atoms with van der Waals surface area (Å²) in [5.74, 6) is 1.76. The maximum Gasteiger partial charge on any atom is 0.228 e. The molecule has 0 unspecified atom stereocenters. The van der Waals surface area contributed by atoms with Gasteiger partial charge in [0.15, 0.2) is 5.82 Å². The van der Waals surface area contributed by atoms with Crippen LogP contribution in [0.5, 0.6) is 5.75 Å². The minimum atomic E-state index is -0.0650. The van der Waals surface area contributed by atoms with E-state index in [2.05, 4.69) is 35.8 Å². The molecular formula is C20H23N7O3. The van der Waals surface area contributed by atoms with Crippen LogP contribution in [-0.4, -0.2) is 56.8 Å². The third kappa shape index (κ3) is 5.17. The second kappa shape index (κ2) is 10.1. The number of carbonyl (C=O) groups is 1. The predicted molar refractivity (Wildman–Crippen MR) is 113 cm³/mol. The lowest BCUT2D eigenvalue weighted by molar-refractivity contribution is -0.104. The summed E-state index contributed by atoms with van der Waals surface area (Å²) in [5.41, 5.74) is 3.00. The Kier molecular flexibility index (Phi) is 7.06. The van der Waals surface area contributed by atoms with Crippen molar-refractivity contribution in [1.82, 2.24) is 25.1 Å². The molecule has 156 valence electrons. The Hall–Kier alpha value is -3.79. The fourth-order valence-corrected chi connectivity index (χ4v) is 2.68. The maximum absolute atomic E-state index is 10.7. The predicted octanol–water partition coefficient (Wildman–Crippen LogP) is 1.81. The summed E-state index contributed by atoms with van der Waals surface area (Å²) in [4.78, 5) is 24.0. The van der Waals surface area contributed by atoms with Crippen LogP contribution >= 0.6 is 0 Å². The lowest BCUT2D eigenvalue weighted by Gasteiger charge is -2.10. The topological polar surface area (TPSA) is 138 Å². The molecule has 0 aliphatic heterocycles. The summed E-state index contributed by atoms with van der Waals surface area (Å²) in [6, 6.07) is 7.64. The summed E-state index contributed by atoms with van der Waals surface area (Å²) in [6.45, 7) is 2.56. The van der Waals surface area contributed by atoms with Gasteiger partial charge in [-0.2, -0.15) is 20.1 Å². The molecule has 0 radical (unpaired) electrons. The number of rotatable bonds is 10. The summed E-state index contributed by atoms with van der Waals surface area (Å²) < 4.78 is 5.17. The van der Waals surface area contributed by atoms with Gasteiger partial charge in [0, 0.05) is 24.3 Å². The van der Waals surface area contributed by atoms with E-state index in [1.54, 1.807) is 13.2 Å². The zero-order valence-electron chi connectivity index (χ0n) is 16.7.